The number of carbonyl (C=O) groups is 1. The lowest BCUT2D eigenvalue weighted by molar-refractivity contribution is -0.122. The van der Waals surface area contributed by atoms with Gasteiger partial charge in [-0.2, -0.15) is 0 Å². The molecule has 1 aliphatic rings. The Morgan fingerprint density at radius 3 is 2.56 bits per heavy atom. The molecule has 1 heterocycles. The Balaban J connectivity index is 2.35. The summed E-state index contributed by atoms with van der Waals surface area (Å²) in [4.78, 5) is 13.1. The Morgan fingerprint density at radius 1 is 1.50 bits per heavy atom. The molecule has 2 atom stereocenters. The smallest absolute Gasteiger partial charge is 0.237 e. The van der Waals surface area contributed by atoms with E-state index >= 15 is 0 Å². The first-order valence-electron chi connectivity index (χ1n) is 6.13. The largest absolute Gasteiger partial charge is 0.368 e. The van der Waals surface area contributed by atoms with E-state index in [1.807, 2.05) is 11.9 Å². The van der Waals surface area contributed by atoms with Gasteiger partial charge < -0.3 is 16.4 Å². The van der Waals surface area contributed by atoms with E-state index in [1.165, 1.54) is 0 Å². The number of nitrogens with zero attached hydrogens (tertiary/aromatic N) is 1. The minimum Gasteiger partial charge on any atom is -0.368 e. The van der Waals surface area contributed by atoms with Gasteiger partial charge in [-0.25, -0.2) is 8.42 Å². The number of hydrogen-bond acceptors (Lipinski definition) is 5. The monoisotopic (exact) mass is 277 g/mol. The average Bonchev–Trinajstić information content (AvgIpc) is 2.58. The summed E-state index contributed by atoms with van der Waals surface area (Å²) in [6.45, 7) is 2.34. The summed E-state index contributed by atoms with van der Waals surface area (Å²) in [5, 5.41) is 0. The van der Waals surface area contributed by atoms with Crippen molar-refractivity contribution in [2.24, 2.45) is 11.5 Å². The predicted molar refractivity (Wildman–Crippen MR) is 70.7 cm³/mol. The van der Waals surface area contributed by atoms with E-state index in [9.17, 15) is 13.2 Å². The minimum atomic E-state index is -2.85. The van der Waals surface area contributed by atoms with E-state index in [4.69, 9.17) is 11.5 Å². The Kier molecular flexibility index (Phi) is 4.74. The van der Waals surface area contributed by atoms with Crippen LogP contribution < -0.4 is 11.5 Å². The van der Waals surface area contributed by atoms with E-state index in [0.717, 1.165) is 13.0 Å². The quantitative estimate of drug-likeness (QED) is 0.653. The summed E-state index contributed by atoms with van der Waals surface area (Å²) >= 11 is 0. The van der Waals surface area contributed by atoms with Gasteiger partial charge in [0.1, 0.15) is 0 Å². The molecule has 0 aromatic heterocycles. The third-order valence-electron chi connectivity index (χ3n) is 3.60. The maximum absolute atomic E-state index is 11.4. The van der Waals surface area contributed by atoms with Crippen LogP contribution in [-0.4, -0.2) is 55.9 Å². The molecule has 1 aliphatic heterocycles. The summed E-state index contributed by atoms with van der Waals surface area (Å²) < 4.78 is 22.7. The third kappa shape index (κ3) is 4.22. The first-order valence-corrected chi connectivity index (χ1v) is 7.96. The van der Waals surface area contributed by atoms with E-state index < -0.39 is 21.3 Å². The summed E-state index contributed by atoms with van der Waals surface area (Å²) in [6, 6.07) is 0.0904. The molecule has 106 valence electrons. The second-order valence-corrected chi connectivity index (χ2v) is 7.65. The van der Waals surface area contributed by atoms with Gasteiger partial charge in [0, 0.05) is 6.04 Å². The van der Waals surface area contributed by atoms with Gasteiger partial charge in [0.25, 0.3) is 0 Å². The average molecular weight is 277 g/mol. The van der Waals surface area contributed by atoms with Gasteiger partial charge in [-0.15, -0.1) is 0 Å². The molecule has 0 spiro atoms. The lowest BCUT2D eigenvalue weighted by Crippen LogP contribution is -2.49. The number of amides is 1. The molecule has 2 unspecified atom stereocenters. The summed E-state index contributed by atoms with van der Waals surface area (Å²) in [5.41, 5.74) is 9.96. The first kappa shape index (κ1) is 15.4. The maximum atomic E-state index is 11.4. The maximum Gasteiger partial charge on any atom is 0.237 e. The van der Waals surface area contributed by atoms with Crippen molar-refractivity contribution in [1.29, 1.82) is 0 Å². The van der Waals surface area contributed by atoms with Crippen LogP contribution in [-0.2, 0) is 14.6 Å². The highest BCUT2D eigenvalue weighted by atomic mass is 32.2. The number of primary amides is 1. The molecule has 0 radical (unpaired) electrons. The molecule has 1 rings (SSSR count). The number of carbonyl (C=O) groups excluding carboxylic acids is 1. The van der Waals surface area contributed by atoms with Crippen LogP contribution in [0, 0.1) is 0 Å². The van der Waals surface area contributed by atoms with Gasteiger partial charge >= 0.3 is 0 Å². The van der Waals surface area contributed by atoms with Gasteiger partial charge in [0.05, 0.1) is 17.0 Å². The van der Waals surface area contributed by atoms with Crippen LogP contribution in [0.1, 0.15) is 26.2 Å². The second-order valence-electron chi connectivity index (χ2n) is 5.42. The molecule has 0 saturated carbocycles. The number of sulfone groups is 1. The second kappa shape index (κ2) is 5.54. The van der Waals surface area contributed by atoms with Crippen molar-refractivity contribution in [1.82, 2.24) is 4.90 Å². The van der Waals surface area contributed by atoms with E-state index in [1.54, 1.807) is 6.92 Å². The van der Waals surface area contributed by atoms with Crippen LogP contribution in [0.2, 0.25) is 0 Å². The van der Waals surface area contributed by atoms with Crippen molar-refractivity contribution < 1.29 is 13.2 Å². The lowest BCUT2D eigenvalue weighted by atomic mass is 9.96. The highest BCUT2D eigenvalue weighted by Gasteiger charge is 2.31. The van der Waals surface area contributed by atoms with Gasteiger partial charge in [-0.1, -0.05) is 0 Å². The zero-order valence-corrected chi connectivity index (χ0v) is 11.9. The van der Waals surface area contributed by atoms with Crippen LogP contribution in [0.15, 0.2) is 0 Å². The Hall–Kier alpha value is -0.660. The van der Waals surface area contributed by atoms with E-state index in [0.29, 0.717) is 12.8 Å². The standard InChI is InChI=1S/C11H23N3O3S/c1-11(13,10(12)15)5-3-6-14(2)9-4-7-18(16,17)8-9/h9H,3-8,13H2,1-2H3,(H2,12,15). The highest BCUT2D eigenvalue weighted by Crippen LogP contribution is 2.17. The lowest BCUT2D eigenvalue weighted by Gasteiger charge is -2.25. The molecule has 18 heavy (non-hydrogen) atoms. The third-order valence-corrected chi connectivity index (χ3v) is 5.35. The summed E-state index contributed by atoms with van der Waals surface area (Å²) in [6.07, 6.45) is 1.92. The molecule has 4 N–H and O–H groups in total. The molecular formula is C11H23N3O3S. The number of nitrogens with two attached hydrogens (primary N) is 2. The molecule has 1 amide bonds. The van der Waals surface area contributed by atoms with Crippen LogP contribution in [0.4, 0.5) is 0 Å². The van der Waals surface area contributed by atoms with Gasteiger partial charge in [0.2, 0.25) is 5.91 Å². The topological polar surface area (TPSA) is 106 Å². The van der Waals surface area contributed by atoms with E-state index in [-0.39, 0.29) is 17.5 Å². The summed E-state index contributed by atoms with van der Waals surface area (Å²) in [7, 11) is -0.941. The highest BCUT2D eigenvalue weighted by molar-refractivity contribution is 7.91. The molecule has 0 aromatic carbocycles. The van der Waals surface area contributed by atoms with Crippen LogP contribution in [0.25, 0.3) is 0 Å². The molecule has 1 fully saturated rings. The molecule has 0 aliphatic carbocycles. The van der Waals surface area contributed by atoms with Crippen molar-refractivity contribution in [2.75, 3.05) is 25.1 Å². The molecule has 1 saturated heterocycles. The van der Waals surface area contributed by atoms with Crippen LogP contribution in [0.3, 0.4) is 0 Å². The molecule has 6 nitrogen and oxygen atoms in total. The van der Waals surface area contributed by atoms with Crippen LogP contribution in [0.5, 0.6) is 0 Å². The molecule has 7 heteroatoms. The van der Waals surface area contributed by atoms with Crippen molar-refractivity contribution in [3.63, 3.8) is 0 Å². The SMILES string of the molecule is CN(CCCC(C)(N)C(N)=O)C1CCS(=O)(=O)C1. The Morgan fingerprint density at radius 2 is 2.11 bits per heavy atom. The fraction of sp³-hybridized carbons (Fsp3) is 0.909. The molecule has 0 aromatic rings. The fourth-order valence-electron chi connectivity index (χ4n) is 2.12. The van der Waals surface area contributed by atoms with Crippen molar-refractivity contribution in [2.45, 2.75) is 37.8 Å². The van der Waals surface area contributed by atoms with Gasteiger partial charge in [-0.3, -0.25) is 4.79 Å². The number of rotatable bonds is 6. The van der Waals surface area contributed by atoms with Crippen LogP contribution >= 0.6 is 0 Å². The first-order chi connectivity index (χ1) is 8.14. The Bertz CT molecular complexity index is 406. The normalized spacial score (nSPS) is 26.1. The number of hydrogen-bond donors (Lipinski definition) is 2. The van der Waals surface area contributed by atoms with E-state index in [2.05, 4.69) is 0 Å². The van der Waals surface area contributed by atoms with Crippen molar-refractivity contribution >= 4 is 15.7 Å². The zero-order chi connectivity index (χ0) is 14.0. The fourth-order valence-corrected chi connectivity index (χ4v) is 3.93. The minimum absolute atomic E-state index is 0.0904. The molecular weight excluding hydrogens is 254 g/mol. The van der Waals surface area contributed by atoms with Crippen molar-refractivity contribution in [3.8, 4) is 0 Å². The molecule has 0 bridgehead atoms. The zero-order valence-electron chi connectivity index (χ0n) is 11.1. The Labute approximate surface area is 109 Å². The van der Waals surface area contributed by atoms with Gasteiger partial charge in [-0.05, 0) is 39.8 Å². The van der Waals surface area contributed by atoms with Gasteiger partial charge in [0.15, 0.2) is 9.84 Å². The predicted octanol–water partition coefficient (Wildman–Crippen LogP) is -0.912. The van der Waals surface area contributed by atoms with Crippen molar-refractivity contribution in [3.05, 3.63) is 0 Å². The summed E-state index contributed by atoms with van der Waals surface area (Å²) in [5.74, 6) is 0.00509.